The number of nitrogens with zero attached hydrogens (tertiary/aromatic N) is 5. The summed E-state index contributed by atoms with van der Waals surface area (Å²) < 4.78 is 0. The maximum atomic E-state index is 12.1. The van der Waals surface area contributed by atoms with Gasteiger partial charge in [-0.25, -0.2) is 15.0 Å². The number of aromatic nitrogens is 4. The summed E-state index contributed by atoms with van der Waals surface area (Å²) in [6, 6.07) is 1.89. The summed E-state index contributed by atoms with van der Waals surface area (Å²) in [6.45, 7) is 1.70. The van der Waals surface area contributed by atoms with Gasteiger partial charge in [-0.15, -0.1) is 0 Å². The first-order chi connectivity index (χ1) is 11.3. The lowest BCUT2D eigenvalue weighted by Gasteiger charge is -2.33. The van der Waals surface area contributed by atoms with E-state index in [1.807, 2.05) is 0 Å². The molecule has 3 rings (SSSR count). The smallest absolute Gasteiger partial charge is 0.230 e. The van der Waals surface area contributed by atoms with Crippen LogP contribution in [0.1, 0.15) is 12.8 Å². The van der Waals surface area contributed by atoms with Crippen LogP contribution in [0, 0.1) is 0 Å². The van der Waals surface area contributed by atoms with Gasteiger partial charge in [0.15, 0.2) is 5.16 Å². The summed E-state index contributed by atoms with van der Waals surface area (Å²) in [5.74, 6) is 1.19. The lowest BCUT2D eigenvalue weighted by atomic mass is 10.1. The first-order valence-corrected chi connectivity index (χ1v) is 8.50. The largest absolute Gasteiger partial charge is 0.353 e. The predicted molar refractivity (Wildman–Crippen MR) is 88.2 cm³/mol. The Labute approximate surface area is 139 Å². The van der Waals surface area contributed by atoms with Crippen molar-refractivity contribution in [2.75, 3.05) is 23.7 Å². The Morgan fingerprint density at radius 2 is 2.13 bits per heavy atom. The second kappa shape index (κ2) is 7.87. The van der Waals surface area contributed by atoms with Crippen molar-refractivity contribution in [1.82, 2.24) is 25.3 Å². The van der Waals surface area contributed by atoms with Crippen molar-refractivity contribution in [3.05, 3.63) is 37.1 Å². The Balaban J connectivity index is 1.48. The van der Waals surface area contributed by atoms with Crippen molar-refractivity contribution >= 4 is 23.5 Å². The third-order valence-electron chi connectivity index (χ3n) is 3.53. The lowest BCUT2D eigenvalue weighted by molar-refractivity contribution is -0.119. The number of thioether (sulfide) groups is 1. The molecule has 0 aromatic carbocycles. The maximum Gasteiger partial charge on any atom is 0.230 e. The van der Waals surface area contributed by atoms with Crippen molar-refractivity contribution in [2.24, 2.45) is 0 Å². The molecule has 2 aromatic rings. The van der Waals surface area contributed by atoms with Crippen LogP contribution in [0.5, 0.6) is 0 Å². The molecule has 1 fully saturated rings. The average molecular weight is 330 g/mol. The summed E-state index contributed by atoms with van der Waals surface area (Å²) >= 11 is 1.34. The molecule has 1 aliphatic rings. The molecular weight excluding hydrogens is 312 g/mol. The van der Waals surface area contributed by atoms with Crippen LogP contribution in [0.3, 0.4) is 0 Å². The first kappa shape index (κ1) is 15.7. The van der Waals surface area contributed by atoms with Crippen LogP contribution in [0.25, 0.3) is 0 Å². The standard InChI is InChI=1S/C15H18N6OS/c22-14(11-23-15-18-4-2-5-19-15)20-12-3-1-8-21(10-12)13-9-16-6-7-17-13/h2,4-7,9,12H,1,3,8,10-11H2,(H,20,22). The number of anilines is 1. The molecule has 1 saturated heterocycles. The molecule has 0 spiro atoms. The van der Waals surface area contributed by atoms with Crippen LogP contribution >= 0.6 is 11.8 Å². The van der Waals surface area contributed by atoms with E-state index in [1.165, 1.54) is 11.8 Å². The quantitative estimate of drug-likeness (QED) is 0.650. The molecule has 120 valence electrons. The summed E-state index contributed by atoms with van der Waals surface area (Å²) in [5.41, 5.74) is 0. The fourth-order valence-electron chi connectivity index (χ4n) is 2.52. The molecule has 23 heavy (non-hydrogen) atoms. The molecule has 0 bridgehead atoms. The van der Waals surface area contributed by atoms with Crippen molar-refractivity contribution < 1.29 is 4.79 Å². The number of nitrogens with one attached hydrogen (secondary N) is 1. The van der Waals surface area contributed by atoms with Gasteiger partial charge in [0.25, 0.3) is 0 Å². The van der Waals surface area contributed by atoms with E-state index in [1.54, 1.807) is 37.1 Å². The first-order valence-electron chi connectivity index (χ1n) is 7.51. The predicted octanol–water partition coefficient (Wildman–Crippen LogP) is 1.14. The van der Waals surface area contributed by atoms with E-state index in [0.29, 0.717) is 10.9 Å². The van der Waals surface area contributed by atoms with Crippen LogP contribution in [0.2, 0.25) is 0 Å². The lowest BCUT2D eigenvalue weighted by Crippen LogP contribution is -2.48. The minimum absolute atomic E-state index is 0.00782. The molecule has 1 unspecified atom stereocenters. The van der Waals surface area contributed by atoms with Gasteiger partial charge in [0.2, 0.25) is 5.91 Å². The van der Waals surface area contributed by atoms with Crippen LogP contribution in [0.15, 0.2) is 42.2 Å². The van der Waals surface area contributed by atoms with Crippen LogP contribution in [-0.4, -0.2) is 50.7 Å². The number of hydrogen-bond donors (Lipinski definition) is 1. The third kappa shape index (κ3) is 4.62. The third-order valence-corrected chi connectivity index (χ3v) is 4.41. The minimum Gasteiger partial charge on any atom is -0.353 e. The highest BCUT2D eigenvalue weighted by Gasteiger charge is 2.22. The molecule has 0 radical (unpaired) electrons. The van der Waals surface area contributed by atoms with Crippen molar-refractivity contribution in [2.45, 2.75) is 24.0 Å². The fourth-order valence-corrected chi connectivity index (χ4v) is 3.13. The Morgan fingerprint density at radius 1 is 1.26 bits per heavy atom. The number of carbonyl (C=O) groups excluding carboxylic acids is 1. The molecule has 0 saturated carbocycles. The van der Waals surface area contributed by atoms with Gasteiger partial charge < -0.3 is 10.2 Å². The molecular formula is C15H18N6OS. The summed E-state index contributed by atoms with van der Waals surface area (Å²) in [7, 11) is 0. The molecule has 1 N–H and O–H groups in total. The molecule has 8 heteroatoms. The zero-order chi connectivity index (χ0) is 15.9. The highest BCUT2D eigenvalue weighted by Crippen LogP contribution is 2.17. The summed E-state index contributed by atoms with van der Waals surface area (Å²) in [6.07, 6.45) is 10.5. The van der Waals surface area contributed by atoms with Crippen molar-refractivity contribution in [1.29, 1.82) is 0 Å². The van der Waals surface area contributed by atoms with Gasteiger partial charge in [0.05, 0.1) is 11.9 Å². The molecule has 1 atom stereocenters. The summed E-state index contributed by atoms with van der Waals surface area (Å²) in [5, 5.41) is 3.70. The Bertz CT molecular complexity index is 626. The minimum atomic E-state index is 0.00782. The van der Waals surface area contributed by atoms with Gasteiger partial charge in [-0.05, 0) is 18.9 Å². The molecule has 3 heterocycles. The van der Waals surface area contributed by atoms with E-state index < -0.39 is 0 Å². The maximum absolute atomic E-state index is 12.1. The van der Waals surface area contributed by atoms with Gasteiger partial charge in [-0.3, -0.25) is 9.78 Å². The molecule has 1 aliphatic heterocycles. The van der Waals surface area contributed by atoms with Gasteiger partial charge in [-0.2, -0.15) is 0 Å². The fraction of sp³-hybridized carbons (Fsp3) is 0.400. The Hall–Kier alpha value is -2.22. The van der Waals surface area contributed by atoms with E-state index in [9.17, 15) is 4.79 Å². The summed E-state index contributed by atoms with van der Waals surface area (Å²) in [4.78, 5) is 30.9. The van der Waals surface area contributed by atoms with Gasteiger partial charge in [0.1, 0.15) is 5.82 Å². The van der Waals surface area contributed by atoms with Gasteiger partial charge in [-0.1, -0.05) is 11.8 Å². The van der Waals surface area contributed by atoms with E-state index >= 15 is 0 Å². The Morgan fingerprint density at radius 3 is 2.91 bits per heavy atom. The highest BCUT2D eigenvalue weighted by molar-refractivity contribution is 7.99. The van der Waals surface area contributed by atoms with E-state index in [0.717, 1.165) is 31.7 Å². The Kier molecular flexibility index (Phi) is 5.36. The van der Waals surface area contributed by atoms with Crippen LogP contribution in [-0.2, 0) is 4.79 Å². The monoisotopic (exact) mass is 330 g/mol. The number of piperidine rings is 1. The number of rotatable bonds is 5. The highest BCUT2D eigenvalue weighted by atomic mass is 32.2. The number of carbonyl (C=O) groups is 1. The number of amides is 1. The molecule has 1 amide bonds. The second-order valence-electron chi connectivity index (χ2n) is 5.24. The van der Waals surface area contributed by atoms with Crippen molar-refractivity contribution in [3.8, 4) is 0 Å². The van der Waals surface area contributed by atoms with Crippen molar-refractivity contribution in [3.63, 3.8) is 0 Å². The normalized spacial score (nSPS) is 17.7. The molecule has 0 aliphatic carbocycles. The van der Waals surface area contributed by atoms with Crippen LogP contribution in [0.4, 0.5) is 5.82 Å². The second-order valence-corrected chi connectivity index (χ2v) is 6.18. The van der Waals surface area contributed by atoms with E-state index in [-0.39, 0.29) is 11.9 Å². The van der Waals surface area contributed by atoms with Gasteiger partial charge in [0, 0.05) is 43.9 Å². The van der Waals surface area contributed by atoms with Crippen LogP contribution < -0.4 is 10.2 Å². The van der Waals surface area contributed by atoms with E-state index in [2.05, 4.69) is 30.2 Å². The average Bonchev–Trinajstić information content (AvgIpc) is 2.62. The zero-order valence-corrected chi connectivity index (χ0v) is 13.4. The van der Waals surface area contributed by atoms with E-state index in [4.69, 9.17) is 0 Å². The number of hydrogen-bond acceptors (Lipinski definition) is 7. The topological polar surface area (TPSA) is 83.9 Å². The molecule has 7 nitrogen and oxygen atoms in total. The zero-order valence-electron chi connectivity index (χ0n) is 12.6. The molecule has 2 aromatic heterocycles. The van der Waals surface area contributed by atoms with Gasteiger partial charge >= 0.3 is 0 Å². The SMILES string of the molecule is O=C(CSc1ncccn1)NC1CCCN(c2cnccn2)C1.